The average molecular weight is 439 g/mol. The van der Waals surface area contributed by atoms with Gasteiger partial charge in [0.2, 0.25) is 0 Å². The number of fused-ring (bicyclic) bond motifs is 2. The van der Waals surface area contributed by atoms with E-state index in [1.165, 1.54) is 17.4 Å². The maximum absolute atomic E-state index is 14.3. The minimum atomic E-state index is -0.368. The van der Waals surface area contributed by atoms with E-state index in [0.717, 1.165) is 54.9 Å². The number of carbonyl (C=O) groups is 1. The molecule has 1 N–H and O–H groups in total. The molecule has 0 saturated carbocycles. The quantitative estimate of drug-likeness (QED) is 0.488. The summed E-state index contributed by atoms with van der Waals surface area (Å²) in [6.45, 7) is 4.69. The molecule has 1 amide bonds. The highest BCUT2D eigenvalue weighted by atomic mass is 32.1. The lowest BCUT2D eigenvalue weighted by atomic mass is 10.1. The van der Waals surface area contributed by atoms with Crippen LogP contribution in [0.25, 0.3) is 21.1 Å². The number of carbonyl (C=O) groups excluding carboxylic acids is 1. The normalized spacial score (nSPS) is 15.0. The van der Waals surface area contributed by atoms with Gasteiger partial charge in [0.1, 0.15) is 11.3 Å². The number of thiazole rings is 1. The third kappa shape index (κ3) is 4.06. The van der Waals surface area contributed by atoms with Crippen LogP contribution in [-0.2, 0) is 4.74 Å². The van der Waals surface area contributed by atoms with Gasteiger partial charge in [-0.15, -0.1) is 0 Å². The monoisotopic (exact) mass is 438 g/mol. The molecule has 0 spiro atoms. The summed E-state index contributed by atoms with van der Waals surface area (Å²) in [6.07, 6.45) is 2.54. The number of benzene rings is 2. The fourth-order valence-corrected chi connectivity index (χ4v) is 4.98. The summed E-state index contributed by atoms with van der Waals surface area (Å²) in [7, 11) is 0. The molecule has 160 valence electrons. The lowest BCUT2D eigenvalue weighted by molar-refractivity contribution is 0.0376. The zero-order chi connectivity index (χ0) is 21.2. The number of rotatable bonds is 6. The Balaban J connectivity index is 1.45. The van der Waals surface area contributed by atoms with E-state index in [1.807, 2.05) is 30.3 Å². The fraction of sp³-hybridized carbons (Fsp3) is 0.304. The number of para-hydroxylation sites is 2. The number of hydrogen-bond donors (Lipinski definition) is 1. The Kier molecular flexibility index (Phi) is 5.67. The second kappa shape index (κ2) is 8.74. The summed E-state index contributed by atoms with van der Waals surface area (Å²) in [5.41, 5.74) is 1.82. The Morgan fingerprint density at radius 2 is 2.03 bits per heavy atom. The van der Waals surface area contributed by atoms with E-state index in [0.29, 0.717) is 22.8 Å². The number of H-pyrrole nitrogens is 1. The van der Waals surface area contributed by atoms with Crippen LogP contribution in [0.15, 0.2) is 48.7 Å². The highest BCUT2D eigenvalue weighted by Gasteiger charge is 2.24. The molecule has 5 rings (SSSR count). The molecule has 0 radical (unpaired) electrons. The molecule has 0 aliphatic carbocycles. The third-order valence-corrected chi connectivity index (χ3v) is 6.66. The molecule has 31 heavy (non-hydrogen) atoms. The van der Waals surface area contributed by atoms with Crippen LogP contribution in [0.3, 0.4) is 0 Å². The number of aromatic nitrogens is 2. The van der Waals surface area contributed by atoms with Gasteiger partial charge < -0.3 is 9.72 Å². The second-order valence-electron chi connectivity index (χ2n) is 7.60. The molecule has 1 aliphatic heterocycles. The minimum absolute atomic E-state index is 0.126. The van der Waals surface area contributed by atoms with Gasteiger partial charge in [0.25, 0.3) is 5.91 Å². The molecule has 6 nitrogen and oxygen atoms in total. The third-order valence-electron chi connectivity index (χ3n) is 5.61. The Hall–Kier alpha value is -2.81. The summed E-state index contributed by atoms with van der Waals surface area (Å²) in [4.78, 5) is 25.3. The highest BCUT2D eigenvalue weighted by Crippen LogP contribution is 2.32. The van der Waals surface area contributed by atoms with E-state index >= 15 is 0 Å². The van der Waals surface area contributed by atoms with E-state index in [-0.39, 0.29) is 11.7 Å². The zero-order valence-corrected chi connectivity index (χ0v) is 17.8. The van der Waals surface area contributed by atoms with Crippen molar-refractivity contribution in [2.75, 3.05) is 44.3 Å². The molecule has 8 heteroatoms. The van der Waals surface area contributed by atoms with E-state index in [9.17, 15) is 9.18 Å². The van der Waals surface area contributed by atoms with Crippen LogP contribution in [0.5, 0.6) is 0 Å². The number of ether oxygens (including phenoxy) is 1. The largest absolute Gasteiger partial charge is 0.379 e. The van der Waals surface area contributed by atoms with Crippen LogP contribution in [0, 0.1) is 5.82 Å². The topological polar surface area (TPSA) is 61.5 Å². The first kappa shape index (κ1) is 20.1. The molecule has 1 aliphatic rings. The van der Waals surface area contributed by atoms with Gasteiger partial charge in [-0.2, -0.15) is 0 Å². The van der Waals surface area contributed by atoms with Crippen molar-refractivity contribution in [3.63, 3.8) is 0 Å². The van der Waals surface area contributed by atoms with Gasteiger partial charge >= 0.3 is 0 Å². The standard InChI is InChI=1S/C23H23FN4O2S/c24-18-6-3-8-20-21(18)26-23(31-20)28(10-4-9-27-11-13-30-14-12-27)22(29)17-15-25-19-7-2-1-5-16(17)19/h1-3,5-8,15,25H,4,9-14H2. The van der Waals surface area contributed by atoms with Crippen molar-refractivity contribution in [3.05, 3.63) is 60.0 Å². The molecule has 2 aromatic heterocycles. The number of nitrogens with one attached hydrogen (secondary N) is 1. The van der Waals surface area contributed by atoms with Gasteiger partial charge in [0.15, 0.2) is 5.13 Å². The predicted octanol–water partition coefficient (Wildman–Crippen LogP) is 4.29. The zero-order valence-electron chi connectivity index (χ0n) is 17.0. The van der Waals surface area contributed by atoms with Crippen LogP contribution in [-0.4, -0.2) is 60.2 Å². The van der Waals surface area contributed by atoms with E-state index < -0.39 is 0 Å². The maximum atomic E-state index is 14.3. The summed E-state index contributed by atoms with van der Waals surface area (Å²) in [5, 5.41) is 1.40. The Morgan fingerprint density at radius 3 is 2.87 bits per heavy atom. The Bertz CT molecular complexity index is 1210. The Morgan fingerprint density at radius 1 is 1.19 bits per heavy atom. The van der Waals surface area contributed by atoms with Crippen LogP contribution in [0.1, 0.15) is 16.8 Å². The first-order valence-electron chi connectivity index (χ1n) is 10.4. The van der Waals surface area contributed by atoms with Gasteiger partial charge in [-0.25, -0.2) is 9.37 Å². The number of anilines is 1. The number of aromatic amines is 1. The van der Waals surface area contributed by atoms with Crippen molar-refractivity contribution in [1.29, 1.82) is 0 Å². The summed E-state index contributed by atoms with van der Waals surface area (Å²) in [6, 6.07) is 12.6. The van der Waals surface area contributed by atoms with Crippen LogP contribution >= 0.6 is 11.3 Å². The summed E-state index contributed by atoms with van der Waals surface area (Å²) in [5.74, 6) is -0.494. The van der Waals surface area contributed by atoms with Crippen molar-refractivity contribution in [3.8, 4) is 0 Å². The first-order chi connectivity index (χ1) is 15.2. The van der Waals surface area contributed by atoms with Crippen molar-refractivity contribution >= 4 is 43.5 Å². The van der Waals surface area contributed by atoms with Gasteiger partial charge in [-0.1, -0.05) is 35.6 Å². The molecule has 4 aromatic rings. The molecule has 2 aromatic carbocycles. The minimum Gasteiger partial charge on any atom is -0.379 e. The summed E-state index contributed by atoms with van der Waals surface area (Å²) >= 11 is 1.35. The van der Waals surface area contributed by atoms with Crippen LogP contribution in [0.4, 0.5) is 9.52 Å². The van der Waals surface area contributed by atoms with Gasteiger partial charge in [-0.3, -0.25) is 14.6 Å². The highest BCUT2D eigenvalue weighted by molar-refractivity contribution is 7.22. The fourth-order valence-electron chi connectivity index (χ4n) is 3.97. The smallest absolute Gasteiger partial charge is 0.262 e. The average Bonchev–Trinajstić information content (AvgIpc) is 3.42. The van der Waals surface area contributed by atoms with Gasteiger partial charge in [0.05, 0.1) is 23.5 Å². The SMILES string of the molecule is O=C(c1c[nH]c2ccccc12)N(CCCN1CCOCC1)c1nc2c(F)cccc2s1. The van der Waals surface area contributed by atoms with Crippen LogP contribution < -0.4 is 4.90 Å². The molecule has 0 unspecified atom stereocenters. The van der Waals surface area contributed by atoms with Gasteiger partial charge in [0, 0.05) is 43.3 Å². The first-order valence-corrected chi connectivity index (χ1v) is 11.3. The molecular weight excluding hydrogens is 415 g/mol. The number of nitrogens with zero attached hydrogens (tertiary/aromatic N) is 3. The Labute approximate surface area is 183 Å². The van der Waals surface area contributed by atoms with Crippen molar-refractivity contribution in [1.82, 2.24) is 14.9 Å². The molecular formula is C23H23FN4O2S. The van der Waals surface area contributed by atoms with E-state index in [1.54, 1.807) is 17.2 Å². The molecule has 1 fully saturated rings. The predicted molar refractivity (Wildman–Crippen MR) is 121 cm³/mol. The van der Waals surface area contributed by atoms with Gasteiger partial charge in [-0.05, 0) is 24.6 Å². The number of hydrogen-bond acceptors (Lipinski definition) is 5. The molecule has 0 bridgehead atoms. The molecule has 3 heterocycles. The van der Waals surface area contributed by atoms with E-state index in [4.69, 9.17) is 4.74 Å². The lowest BCUT2D eigenvalue weighted by Crippen LogP contribution is -2.39. The molecule has 0 atom stereocenters. The number of morpholine rings is 1. The van der Waals surface area contributed by atoms with E-state index in [2.05, 4.69) is 14.9 Å². The summed E-state index contributed by atoms with van der Waals surface area (Å²) < 4.78 is 20.4. The molecule has 1 saturated heterocycles. The van der Waals surface area contributed by atoms with Crippen molar-refractivity contribution in [2.24, 2.45) is 0 Å². The number of amides is 1. The van der Waals surface area contributed by atoms with Crippen molar-refractivity contribution < 1.29 is 13.9 Å². The lowest BCUT2D eigenvalue weighted by Gasteiger charge is -2.27. The van der Waals surface area contributed by atoms with Crippen molar-refractivity contribution in [2.45, 2.75) is 6.42 Å². The number of halogens is 1. The maximum Gasteiger partial charge on any atom is 0.262 e. The second-order valence-corrected chi connectivity index (χ2v) is 8.60. The van der Waals surface area contributed by atoms with Crippen LogP contribution in [0.2, 0.25) is 0 Å².